The Hall–Kier alpha value is -2.85. The van der Waals surface area contributed by atoms with Crippen molar-refractivity contribution in [2.24, 2.45) is 4.99 Å². The van der Waals surface area contributed by atoms with Gasteiger partial charge >= 0.3 is 11.9 Å². The molecule has 0 bridgehead atoms. The normalized spacial score (nSPS) is 16.9. The molecule has 8 nitrogen and oxygen atoms in total. The number of hydrogen-bond acceptors (Lipinski definition) is 6. The van der Waals surface area contributed by atoms with Crippen molar-refractivity contribution < 1.29 is 29.0 Å². The Morgan fingerprint density at radius 3 is 2.35 bits per heavy atom. The third-order valence-corrected chi connectivity index (χ3v) is 4.50. The Kier molecular flexibility index (Phi) is 4.96. The molecule has 0 aliphatic carbocycles. The van der Waals surface area contributed by atoms with Gasteiger partial charge in [0.1, 0.15) is 5.76 Å². The first-order valence-electron chi connectivity index (χ1n) is 6.98. The first-order valence-corrected chi connectivity index (χ1v) is 8.59. The van der Waals surface area contributed by atoms with E-state index in [0.717, 1.165) is 17.8 Å². The van der Waals surface area contributed by atoms with Crippen LogP contribution in [0, 0.1) is 0 Å². The number of aliphatic imine (C=N–C) groups is 1. The van der Waals surface area contributed by atoms with Gasteiger partial charge in [-0.2, -0.15) is 0 Å². The summed E-state index contributed by atoms with van der Waals surface area (Å²) in [6, 6.07) is 6.84. The van der Waals surface area contributed by atoms with Crippen LogP contribution in [-0.4, -0.2) is 33.2 Å². The van der Waals surface area contributed by atoms with Crippen LogP contribution in [0.3, 0.4) is 0 Å². The van der Waals surface area contributed by atoms with Crippen LogP contribution in [0.1, 0.15) is 26.5 Å². The molecule has 0 atom stereocenters. The summed E-state index contributed by atoms with van der Waals surface area (Å²) in [4.78, 5) is 38.7. The molecule has 1 saturated heterocycles. The zero-order valence-electron chi connectivity index (χ0n) is 12.7. The van der Waals surface area contributed by atoms with Crippen LogP contribution >= 0.6 is 27.7 Å². The summed E-state index contributed by atoms with van der Waals surface area (Å²) in [5, 5.41) is 20.9. The van der Waals surface area contributed by atoms with Gasteiger partial charge in [0.15, 0.2) is 9.84 Å². The van der Waals surface area contributed by atoms with Crippen LogP contribution in [0.25, 0.3) is 6.08 Å². The number of thioether (sulfide) groups is 1. The number of carboxylic acids is 2. The first kappa shape index (κ1) is 18.0. The Labute approximate surface area is 158 Å². The molecule has 2 heterocycles. The molecular weight excluding hydrogens is 428 g/mol. The van der Waals surface area contributed by atoms with E-state index < -0.39 is 17.8 Å². The molecule has 2 aromatic rings. The standard InChI is InChI=1S/C16H9BrN2O6S/c17-12-2-1-10(25-12)6-11-13(20)19-16(26-11)18-9-4-7(14(21)22)3-8(5-9)15(23)24/h1-6H,(H,21,22)(H,23,24)(H,18,19,20)/b11-6+. The maximum atomic E-state index is 12.0. The number of nitrogens with one attached hydrogen (secondary N) is 1. The number of aromatic carboxylic acids is 2. The summed E-state index contributed by atoms with van der Waals surface area (Å²) in [5.74, 6) is -2.48. The number of rotatable bonds is 4. The van der Waals surface area contributed by atoms with Gasteiger partial charge in [0.25, 0.3) is 5.91 Å². The minimum atomic E-state index is -1.28. The summed E-state index contributed by atoms with van der Waals surface area (Å²) in [5.41, 5.74) is -0.323. The fraction of sp³-hybridized carbons (Fsp3) is 0. The monoisotopic (exact) mass is 436 g/mol. The van der Waals surface area contributed by atoms with Crippen molar-refractivity contribution in [1.82, 2.24) is 5.32 Å². The zero-order chi connectivity index (χ0) is 18.8. The van der Waals surface area contributed by atoms with Crippen LogP contribution in [0.15, 0.2) is 49.3 Å². The number of nitrogens with zero attached hydrogens (tertiary/aromatic N) is 1. The highest BCUT2D eigenvalue weighted by atomic mass is 79.9. The Morgan fingerprint density at radius 2 is 1.81 bits per heavy atom. The van der Waals surface area contributed by atoms with E-state index in [1.54, 1.807) is 12.1 Å². The highest BCUT2D eigenvalue weighted by Gasteiger charge is 2.24. The molecule has 0 spiro atoms. The fourth-order valence-electron chi connectivity index (χ4n) is 2.06. The maximum absolute atomic E-state index is 12.0. The molecule has 0 radical (unpaired) electrons. The average Bonchev–Trinajstić information content (AvgIpc) is 3.13. The first-order chi connectivity index (χ1) is 12.3. The van der Waals surface area contributed by atoms with Crippen LogP contribution in [0.4, 0.5) is 5.69 Å². The molecule has 0 unspecified atom stereocenters. The lowest BCUT2D eigenvalue weighted by Gasteiger charge is -2.02. The summed E-state index contributed by atoms with van der Waals surface area (Å²) in [7, 11) is 0. The van der Waals surface area contributed by atoms with Gasteiger partial charge in [0.05, 0.1) is 21.7 Å². The SMILES string of the molecule is O=C1NC(=Nc2cc(C(=O)O)cc(C(=O)O)c2)S/C1=C/c1ccc(Br)o1. The molecule has 1 aliphatic rings. The van der Waals surface area contributed by atoms with Gasteiger partial charge in [0.2, 0.25) is 0 Å². The predicted octanol–water partition coefficient (Wildman–Crippen LogP) is 3.33. The number of furan rings is 1. The summed E-state index contributed by atoms with van der Waals surface area (Å²) in [6.07, 6.45) is 1.53. The van der Waals surface area contributed by atoms with Crippen LogP contribution in [0.2, 0.25) is 0 Å². The Balaban J connectivity index is 1.91. The van der Waals surface area contributed by atoms with E-state index in [0.29, 0.717) is 15.3 Å². The van der Waals surface area contributed by atoms with Gasteiger partial charge in [-0.15, -0.1) is 0 Å². The van der Waals surface area contributed by atoms with E-state index >= 15 is 0 Å². The van der Waals surface area contributed by atoms with E-state index in [9.17, 15) is 14.4 Å². The molecule has 26 heavy (non-hydrogen) atoms. The number of halogens is 1. The molecule has 1 amide bonds. The minimum Gasteiger partial charge on any atom is -0.478 e. The van der Waals surface area contributed by atoms with Gasteiger partial charge in [-0.05, 0) is 58.0 Å². The molecule has 1 aliphatic heterocycles. The molecule has 3 rings (SSSR count). The second kappa shape index (κ2) is 7.18. The molecule has 132 valence electrons. The third-order valence-electron chi connectivity index (χ3n) is 3.16. The number of amides is 1. The molecule has 0 saturated carbocycles. The van der Waals surface area contributed by atoms with Crippen molar-refractivity contribution in [2.45, 2.75) is 0 Å². The Morgan fingerprint density at radius 1 is 1.15 bits per heavy atom. The predicted molar refractivity (Wildman–Crippen MR) is 97.6 cm³/mol. The number of carboxylic acid groups (broad SMARTS) is 2. The Bertz CT molecular complexity index is 962. The lowest BCUT2D eigenvalue weighted by molar-refractivity contribution is -0.115. The highest BCUT2D eigenvalue weighted by molar-refractivity contribution is 9.10. The second-order valence-corrected chi connectivity index (χ2v) is 6.81. The topological polar surface area (TPSA) is 129 Å². The minimum absolute atomic E-state index is 0.104. The molecule has 3 N–H and O–H groups in total. The van der Waals surface area contributed by atoms with Crippen molar-refractivity contribution in [3.8, 4) is 0 Å². The molecule has 1 aromatic heterocycles. The van der Waals surface area contributed by atoms with Crippen molar-refractivity contribution in [1.29, 1.82) is 0 Å². The van der Waals surface area contributed by atoms with E-state index in [1.807, 2.05) is 0 Å². The van der Waals surface area contributed by atoms with Gasteiger partial charge in [-0.1, -0.05) is 0 Å². The van der Waals surface area contributed by atoms with Crippen molar-refractivity contribution in [3.63, 3.8) is 0 Å². The van der Waals surface area contributed by atoms with Gasteiger partial charge in [-0.3, -0.25) is 4.79 Å². The molecular formula is C16H9BrN2O6S. The smallest absolute Gasteiger partial charge is 0.335 e. The second-order valence-electron chi connectivity index (χ2n) is 5.00. The van der Waals surface area contributed by atoms with Crippen LogP contribution < -0.4 is 5.32 Å². The van der Waals surface area contributed by atoms with Crippen LogP contribution in [-0.2, 0) is 4.79 Å². The highest BCUT2D eigenvalue weighted by Crippen LogP contribution is 2.29. The largest absolute Gasteiger partial charge is 0.478 e. The number of benzene rings is 1. The summed E-state index contributed by atoms with van der Waals surface area (Å²) < 4.78 is 5.83. The number of carbonyl (C=O) groups excluding carboxylic acids is 1. The fourth-order valence-corrected chi connectivity index (χ4v) is 3.20. The van der Waals surface area contributed by atoms with Gasteiger partial charge in [0, 0.05) is 6.08 Å². The zero-order valence-corrected chi connectivity index (χ0v) is 15.1. The summed E-state index contributed by atoms with van der Waals surface area (Å²) in [6.45, 7) is 0. The maximum Gasteiger partial charge on any atom is 0.335 e. The van der Waals surface area contributed by atoms with E-state index in [2.05, 4.69) is 26.2 Å². The van der Waals surface area contributed by atoms with Crippen molar-refractivity contribution in [2.75, 3.05) is 0 Å². The van der Waals surface area contributed by atoms with Crippen molar-refractivity contribution in [3.05, 3.63) is 56.8 Å². The lowest BCUT2D eigenvalue weighted by atomic mass is 10.1. The van der Waals surface area contributed by atoms with Crippen molar-refractivity contribution >= 4 is 62.5 Å². The number of carbonyl (C=O) groups is 3. The average molecular weight is 437 g/mol. The van der Waals surface area contributed by atoms with Gasteiger partial charge < -0.3 is 19.9 Å². The number of hydrogen-bond donors (Lipinski definition) is 3. The third kappa shape index (κ3) is 4.03. The van der Waals surface area contributed by atoms with Gasteiger partial charge in [-0.25, -0.2) is 14.6 Å². The molecule has 1 fully saturated rings. The van der Waals surface area contributed by atoms with E-state index in [-0.39, 0.29) is 22.0 Å². The number of amidine groups is 1. The quantitative estimate of drug-likeness (QED) is 0.626. The summed E-state index contributed by atoms with van der Waals surface area (Å²) >= 11 is 4.19. The van der Waals surface area contributed by atoms with E-state index in [4.69, 9.17) is 14.6 Å². The van der Waals surface area contributed by atoms with E-state index in [1.165, 1.54) is 18.2 Å². The molecule has 1 aromatic carbocycles. The lowest BCUT2D eigenvalue weighted by Crippen LogP contribution is -2.19. The molecule has 10 heteroatoms. The van der Waals surface area contributed by atoms with Crippen LogP contribution in [0.5, 0.6) is 0 Å².